The number of para-hydroxylation sites is 1. The van der Waals surface area contributed by atoms with Crippen molar-refractivity contribution in [1.82, 2.24) is 0 Å². The average molecular weight is 315 g/mol. The standard InChI is InChI=1S/C17H16FN2OS/c18-14-8-6-13(7-9-14)17(21)12-19(15-4-2-1-3-5-15)16-20(17)10-11-22-16/h1-9,21H,10-12H2/q+1/t17-/m0/s1. The first kappa shape index (κ1) is 13.8. The van der Waals surface area contributed by atoms with Crippen LogP contribution in [0.15, 0.2) is 54.6 Å². The zero-order valence-corrected chi connectivity index (χ0v) is 12.8. The molecule has 2 heterocycles. The monoisotopic (exact) mass is 315 g/mol. The molecule has 2 aromatic rings. The molecular weight excluding hydrogens is 299 g/mol. The molecule has 112 valence electrons. The van der Waals surface area contributed by atoms with Gasteiger partial charge in [0.2, 0.25) is 0 Å². The minimum atomic E-state index is -1.11. The third kappa shape index (κ3) is 2.04. The summed E-state index contributed by atoms with van der Waals surface area (Å²) in [6, 6.07) is 16.2. The van der Waals surface area contributed by atoms with Crippen LogP contribution in [0, 0.1) is 5.82 Å². The van der Waals surface area contributed by atoms with Crippen LogP contribution in [0.25, 0.3) is 0 Å². The van der Waals surface area contributed by atoms with E-state index in [0.29, 0.717) is 6.54 Å². The van der Waals surface area contributed by atoms with Gasteiger partial charge in [0.15, 0.2) is 6.54 Å². The number of rotatable bonds is 2. The van der Waals surface area contributed by atoms with Crippen molar-refractivity contribution in [1.29, 1.82) is 0 Å². The number of β-amino-alcohol motifs (C(OH)–C–C–N with tert-alkyl or cyclic N) is 1. The predicted octanol–water partition coefficient (Wildman–Crippen LogP) is 2.61. The largest absolute Gasteiger partial charge is 0.346 e. The Bertz CT molecular complexity index is 732. The van der Waals surface area contributed by atoms with Crippen LogP contribution >= 0.6 is 11.8 Å². The summed E-state index contributed by atoms with van der Waals surface area (Å²) >= 11 is 1.75. The van der Waals surface area contributed by atoms with Crippen LogP contribution < -0.4 is 4.90 Å². The van der Waals surface area contributed by atoms with Gasteiger partial charge in [-0.25, -0.2) is 13.9 Å². The minimum Gasteiger partial charge on any atom is -0.346 e. The summed E-state index contributed by atoms with van der Waals surface area (Å²) < 4.78 is 15.2. The second-order valence-corrected chi connectivity index (χ2v) is 6.59. The van der Waals surface area contributed by atoms with Crippen LogP contribution in [0.3, 0.4) is 0 Å². The van der Waals surface area contributed by atoms with Gasteiger partial charge in [-0.05, 0) is 48.2 Å². The molecule has 22 heavy (non-hydrogen) atoms. The van der Waals surface area contributed by atoms with Crippen LogP contribution in [-0.2, 0) is 5.72 Å². The molecule has 0 saturated heterocycles. The summed E-state index contributed by atoms with van der Waals surface area (Å²) in [5.41, 5.74) is 0.685. The fourth-order valence-electron chi connectivity index (χ4n) is 3.12. The number of amidine groups is 1. The number of aliphatic hydroxyl groups is 1. The number of anilines is 1. The molecule has 0 aromatic heterocycles. The SMILES string of the molecule is O[C@]1(c2ccc(F)cc2)CN(c2ccccc2)C2=[N+]1CCS2. The molecule has 0 aliphatic carbocycles. The van der Waals surface area contributed by atoms with Crippen molar-refractivity contribution in [3.63, 3.8) is 0 Å². The van der Waals surface area contributed by atoms with Gasteiger partial charge >= 0.3 is 5.17 Å². The van der Waals surface area contributed by atoms with Crippen LogP contribution in [0.2, 0.25) is 0 Å². The number of hydrogen-bond donors (Lipinski definition) is 1. The normalized spacial score (nSPS) is 24.0. The van der Waals surface area contributed by atoms with Gasteiger partial charge in [-0.1, -0.05) is 18.2 Å². The number of hydrogen-bond acceptors (Lipinski definition) is 3. The molecule has 5 heteroatoms. The lowest BCUT2D eigenvalue weighted by molar-refractivity contribution is -0.650. The molecule has 0 fully saturated rings. The van der Waals surface area contributed by atoms with Crippen molar-refractivity contribution >= 4 is 22.6 Å². The van der Waals surface area contributed by atoms with E-state index in [9.17, 15) is 9.50 Å². The zero-order valence-electron chi connectivity index (χ0n) is 11.9. The van der Waals surface area contributed by atoms with Crippen molar-refractivity contribution in [2.75, 3.05) is 23.7 Å². The van der Waals surface area contributed by atoms with E-state index in [1.165, 1.54) is 12.1 Å². The molecule has 3 nitrogen and oxygen atoms in total. The Morgan fingerprint density at radius 2 is 1.82 bits per heavy atom. The Hall–Kier alpha value is -1.85. The molecule has 0 spiro atoms. The van der Waals surface area contributed by atoms with Crippen molar-refractivity contribution in [3.8, 4) is 0 Å². The van der Waals surface area contributed by atoms with Gasteiger partial charge < -0.3 is 5.11 Å². The predicted molar refractivity (Wildman–Crippen MR) is 86.7 cm³/mol. The Labute approximate surface area is 132 Å². The molecule has 1 N–H and O–H groups in total. The smallest absolute Gasteiger partial charge is 0.316 e. The molecule has 4 rings (SSSR count). The van der Waals surface area contributed by atoms with Gasteiger partial charge in [-0.15, -0.1) is 0 Å². The van der Waals surface area contributed by atoms with Crippen molar-refractivity contribution in [2.45, 2.75) is 5.72 Å². The minimum absolute atomic E-state index is 0.287. The summed E-state index contributed by atoms with van der Waals surface area (Å²) in [5.74, 6) is 0.660. The zero-order chi connectivity index (χ0) is 15.2. The topological polar surface area (TPSA) is 26.5 Å². The highest BCUT2D eigenvalue weighted by molar-refractivity contribution is 8.14. The Kier molecular flexibility index (Phi) is 3.20. The van der Waals surface area contributed by atoms with Crippen LogP contribution in [0.5, 0.6) is 0 Å². The third-order valence-corrected chi connectivity index (χ3v) is 5.29. The summed E-state index contributed by atoms with van der Waals surface area (Å²) in [6.07, 6.45) is 0. The van der Waals surface area contributed by atoms with Gasteiger partial charge in [0.05, 0.1) is 6.54 Å². The number of halogens is 1. The van der Waals surface area contributed by atoms with Crippen LogP contribution in [-0.4, -0.2) is 33.7 Å². The van der Waals surface area contributed by atoms with E-state index in [1.807, 2.05) is 34.9 Å². The van der Waals surface area contributed by atoms with E-state index in [1.54, 1.807) is 23.9 Å². The van der Waals surface area contributed by atoms with Gasteiger partial charge in [-0.3, -0.25) is 0 Å². The maximum atomic E-state index is 13.2. The maximum Gasteiger partial charge on any atom is 0.316 e. The van der Waals surface area contributed by atoms with E-state index < -0.39 is 5.72 Å². The van der Waals surface area contributed by atoms with E-state index in [-0.39, 0.29) is 5.82 Å². The molecule has 2 aliphatic rings. The van der Waals surface area contributed by atoms with Crippen LogP contribution in [0.4, 0.5) is 10.1 Å². The molecule has 0 bridgehead atoms. The summed E-state index contributed by atoms with van der Waals surface area (Å²) in [6.45, 7) is 1.24. The summed E-state index contributed by atoms with van der Waals surface area (Å²) in [4.78, 5) is 2.14. The molecular formula is C17H16FN2OS+. The van der Waals surface area contributed by atoms with E-state index in [0.717, 1.165) is 28.7 Å². The molecule has 0 radical (unpaired) electrons. The van der Waals surface area contributed by atoms with Crippen molar-refractivity contribution in [3.05, 3.63) is 66.0 Å². The highest BCUT2D eigenvalue weighted by Gasteiger charge is 2.54. The van der Waals surface area contributed by atoms with Gasteiger partial charge in [0.25, 0.3) is 5.72 Å². The lowest BCUT2D eigenvalue weighted by Gasteiger charge is -2.22. The van der Waals surface area contributed by atoms with E-state index >= 15 is 0 Å². The Morgan fingerprint density at radius 1 is 1.09 bits per heavy atom. The first-order valence-electron chi connectivity index (χ1n) is 7.27. The number of benzene rings is 2. The van der Waals surface area contributed by atoms with E-state index in [4.69, 9.17) is 0 Å². The highest BCUT2D eigenvalue weighted by Crippen LogP contribution is 2.37. The molecule has 0 unspecified atom stereocenters. The average Bonchev–Trinajstić information content (AvgIpc) is 3.13. The Balaban J connectivity index is 1.78. The molecule has 1 atom stereocenters. The Morgan fingerprint density at radius 3 is 2.55 bits per heavy atom. The summed E-state index contributed by atoms with van der Waals surface area (Å²) in [5, 5.41) is 12.4. The van der Waals surface area contributed by atoms with Gasteiger partial charge in [0.1, 0.15) is 11.5 Å². The lowest BCUT2D eigenvalue weighted by atomic mass is 10.0. The summed E-state index contributed by atoms with van der Waals surface area (Å²) in [7, 11) is 0. The quantitative estimate of drug-likeness (QED) is 0.863. The van der Waals surface area contributed by atoms with Crippen molar-refractivity contribution < 1.29 is 14.1 Å². The second kappa shape index (κ2) is 5.11. The van der Waals surface area contributed by atoms with Crippen LogP contribution in [0.1, 0.15) is 5.56 Å². The fourth-order valence-corrected chi connectivity index (χ4v) is 4.30. The first-order valence-corrected chi connectivity index (χ1v) is 8.25. The van der Waals surface area contributed by atoms with Gasteiger partial charge in [0, 0.05) is 11.3 Å². The maximum absolute atomic E-state index is 13.2. The highest BCUT2D eigenvalue weighted by atomic mass is 32.2. The molecule has 2 aliphatic heterocycles. The number of thioether (sulfide) groups is 1. The molecule has 2 aromatic carbocycles. The lowest BCUT2D eigenvalue weighted by Crippen LogP contribution is -2.41. The van der Waals surface area contributed by atoms with Crippen molar-refractivity contribution in [2.24, 2.45) is 0 Å². The first-order chi connectivity index (χ1) is 10.7. The number of nitrogens with zero attached hydrogens (tertiary/aromatic N) is 2. The second-order valence-electron chi connectivity index (χ2n) is 5.53. The molecule has 0 saturated carbocycles. The van der Waals surface area contributed by atoms with Gasteiger partial charge in [-0.2, -0.15) is 0 Å². The van der Waals surface area contributed by atoms with E-state index in [2.05, 4.69) is 4.90 Å². The molecule has 0 amide bonds. The fraction of sp³-hybridized carbons (Fsp3) is 0.235. The third-order valence-electron chi connectivity index (χ3n) is 4.21.